The van der Waals surface area contributed by atoms with Crippen molar-refractivity contribution < 1.29 is 51.7 Å². The Morgan fingerprint density at radius 3 is 2.48 bits per heavy atom. The highest BCUT2D eigenvalue weighted by atomic mass is 32.3. The predicted octanol–water partition coefficient (Wildman–Crippen LogP) is -2.48. The van der Waals surface area contributed by atoms with Gasteiger partial charge in [-0.3, -0.25) is 8.74 Å². The molecule has 25 heavy (non-hydrogen) atoms. The topological polar surface area (TPSA) is 196 Å². The zero-order valence-corrected chi connectivity index (χ0v) is 14.3. The number of aliphatic hydroxyl groups excluding tert-OH is 5. The van der Waals surface area contributed by atoms with Crippen molar-refractivity contribution in [2.45, 2.75) is 43.2 Å². The number of rotatable bonds is 8. The number of ether oxygens (including phenoxy) is 1. The molecule has 6 atom stereocenters. The lowest BCUT2D eigenvalue weighted by atomic mass is 10.00. The highest BCUT2D eigenvalue weighted by Gasteiger charge is 2.44. The fourth-order valence-electron chi connectivity index (χ4n) is 1.69. The van der Waals surface area contributed by atoms with E-state index >= 15 is 0 Å². The van der Waals surface area contributed by atoms with Crippen LogP contribution in [-0.4, -0.2) is 87.0 Å². The number of nitrogens with zero attached hydrogens (tertiary/aromatic N) is 1. The predicted molar refractivity (Wildman–Crippen MR) is 83.3 cm³/mol. The molecule has 14 heteroatoms. The molecule has 0 unspecified atom stereocenters. The van der Waals surface area contributed by atoms with E-state index < -0.39 is 53.8 Å². The summed E-state index contributed by atoms with van der Waals surface area (Å²) in [5.74, 6) is 0. The molecule has 1 fully saturated rings. The van der Waals surface area contributed by atoms with Gasteiger partial charge in [-0.15, -0.1) is 6.58 Å². The number of hydrogen-bond acceptors (Lipinski definition) is 12. The molecular formula is C11H19NO11S2. The van der Waals surface area contributed by atoms with Crippen molar-refractivity contribution in [3.05, 3.63) is 12.7 Å². The van der Waals surface area contributed by atoms with Crippen LogP contribution in [0, 0.1) is 0 Å². The third kappa shape index (κ3) is 7.14. The second kappa shape index (κ2) is 9.77. The van der Waals surface area contributed by atoms with E-state index in [1.165, 1.54) is 0 Å². The van der Waals surface area contributed by atoms with Crippen LogP contribution < -0.4 is 0 Å². The van der Waals surface area contributed by atoms with Crippen LogP contribution in [0.25, 0.3) is 0 Å². The summed E-state index contributed by atoms with van der Waals surface area (Å²) in [7, 11) is -4.90. The summed E-state index contributed by atoms with van der Waals surface area (Å²) in [5.41, 5.74) is 0. The third-order valence-corrected chi connectivity index (χ3v) is 3.96. The molecule has 0 bridgehead atoms. The molecule has 1 saturated heterocycles. The minimum atomic E-state index is -4.90. The van der Waals surface area contributed by atoms with Crippen molar-refractivity contribution in [2.24, 2.45) is 5.16 Å². The Kier molecular flexibility index (Phi) is 8.69. The molecule has 146 valence electrons. The van der Waals surface area contributed by atoms with Crippen LogP contribution in [0.1, 0.15) is 6.42 Å². The van der Waals surface area contributed by atoms with Gasteiger partial charge >= 0.3 is 10.4 Å². The van der Waals surface area contributed by atoms with Crippen LogP contribution in [0.3, 0.4) is 0 Å². The van der Waals surface area contributed by atoms with Gasteiger partial charge < -0.3 is 30.3 Å². The normalized spacial score (nSPS) is 32.2. The van der Waals surface area contributed by atoms with E-state index in [2.05, 4.69) is 16.0 Å². The standard InChI is InChI=1S/C11H19NO11S2/c1-2-5(14)3-7(12-23-25(18,19)20)24-22-11-10(17)9(16)8(15)6(4-13)21-11/h2,5-6,8-11,13-17H,1,3-4H2,(H,18,19,20)/b12-7+/t5-,6+,8+,9-,10+,11-/m0/s1. The van der Waals surface area contributed by atoms with E-state index in [-0.39, 0.29) is 11.5 Å². The van der Waals surface area contributed by atoms with E-state index in [9.17, 15) is 28.8 Å². The molecule has 1 heterocycles. The van der Waals surface area contributed by atoms with Crippen molar-refractivity contribution in [3.8, 4) is 0 Å². The molecule has 0 amide bonds. The van der Waals surface area contributed by atoms with Crippen LogP contribution in [-0.2, 0) is 23.6 Å². The fraction of sp³-hybridized carbons (Fsp3) is 0.727. The molecule has 0 aromatic rings. The van der Waals surface area contributed by atoms with Gasteiger partial charge in [0.2, 0.25) is 0 Å². The van der Waals surface area contributed by atoms with Gasteiger partial charge in [0.1, 0.15) is 29.5 Å². The number of hydrogen-bond donors (Lipinski definition) is 6. The fourth-order valence-corrected chi connectivity index (χ4v) is 2.59. The third-order valence-electron chi connectivity index (χ3n) is 2.98. The first-order valence-corrected chi connectivity index (χ1v) is 8.87. The van der Waals surface area contributed by atoms with Crippen LogP contribution in [0.5, 0.6) is 0 Å². The number of aliphatic hydroxyl groups is 5. The molecule has 6 N–H and O–H groups in total. The smallest absolute Gasteiger partial charge is 0.394 e. The maximum Gasteiger partial charge on any atom is 0.466 e. The van der Waals surface area contributed by atoms with Crippen molar-refractivity contribution in [2.75, 3.05) is 6.61 Å². The zero-order chi connectivity index (χ0) is 19.2. The highest BCUT2D eigenvalue weighted by Crippen LogP contribution is 2.26. The van der Waals surface area contributed by atoms with Crippen molar-refractivity contribution in [3.63, 3.8) is 0 Å². The molecule has 0 aromatic carbocycles. The molecule has 0 aliphatic carbocycles. The lowest BCUT2D eigenvalue weighted by molar-refractivity contribution is -0.274. The quantitative estimate of drug-likeness (QED) is 0.0622. The molecule has 1 aliphatic heterocycles. The van der Waals surface area contributed by atoms with E-state index in [1.54, 1.807) is 0 Å². The second-order valence-electron chi connectivity index (χ2n) is 4.87. The first-order valence-electron chi connectivity index (χ1n) is 6.76. The molecule has 0 aromatic heterocycles. The summed E-state index contributed by atoms with van der Waals surface area (Å²) in [5, 5.41) is 50.4. The summed E-state index contributed by atoms with van der Waals surface area (Å²) in [6.07, 6.45) is -8.06. The molecule has 1 rings (SSSR count). The summed E-state index contributed by atoms with van der Waals surface area (Å²) >= 11 is 0.314. The minimum absolute atomic E-state index is 0.290. The molecule has 12 nitrogen and oxygen atoms in total. The summed E-state index contributed by atoms with van der Waals surface area (Å²) < 4.78 is 43.5. The van der Waals surface area contributed by atoms with Gasteiger partial charge in [-0.05, 0) is 0 Å². The van der Waals surface area contributed by atoms with Crippen LogP contribution in [0.15, 0.2) is 17.8 Å². The first-order chi connectivity index (χ1) is 11.6. The maximum atomic E-state index is 10.6. The summed E-state index contributed by atoms with van der Waals surface area (Å²) in [6.45, 7) is 2.64. The molecule has 1 aliphatic rings. The van der Waals surface area contributed by atoms with Crippen LogP contribution in [0.4, 0.5) is 0 Å². The molecule has 0 spiro atoms. The van der Waals surface area contributed by atoms with Gasteiger partial charge in [0.05, 0.1) is 24.8 Å². The van der Waals surface area contributed by atoms with E-state index in [0.29, 0.717) is 12.0 Å². The van der Waals surface area contributed by atoms with Crippen molar-refractivity contribution >= 4 is 27.5 Å². The Morgan fingerprint density at radius 1 is 1.32 bits per heavy atom. The van der Waals surface area contributed by atoms with E-state index in [1.807, 2.05) is 0 Å². The summed E-state index contributed by atoms with van der Waals surface area (Å²) in [4.78, 5) is 0. The Hall–Kier alpha value is -0.810. The van der Waals surface area contributed by atoms with Gasteiger partial charge in [0, 0.05) is 6.42 Å². The van der Waals surface area contributed by atoms with Gasteiger partial charge in [0.25, 0.3) is 0 Å². The Labute approximate surface area is 147 Å². The van der Waals surface area contributed by atoms with E-state index in [0.717, 1.165) is 6.08 Å². The van der Waals surface area contributed by atoms with Gasteiger partial charge in [-0.1, -0.05) is 11.2 Å². The molecule has 0 saturated carbocycles. The number of oxime groups is 1. The second-order valence-corrected chi connectivity index (χ2v) is 6.71. The maximum absolute atomic E-state index is 10.6. The summed E-state index contributed by atoms with van der Waals surface area (Å²) in [6, 6.07) is 0. The molecular weight excluding hydrogens is 386 g/mol. The van der Waals surface area contributed by atoms with Crippen molar-refractivity contribution in [1.29, 1.82) is 0 Å². The lowest BCUT2D eigenvalue weighted by Crippen LogP contribution is -2.58. The SMILES string of the molecule is C=C[C@H](O)C/C(=N\OS(=O)(=O)O)SO[C@@H]1O[C@H](CO)[C@@H](O)[C@H](O)[C@H]1O. The Balaban J connectivity index is 2.78. The lowest BCUT2D eigenvalue weighted by Gasteiger charge is -2.39. The average Bonchev–Trinajstić information content (AvgIpc) is 2.55. The monoisotopic (exact) mass is 405 g/mol. The van der Waals surface area contributed by atoms with Gasteiger partial charge in [-0.25, -0.2) is 4.28 Å². The first kappa shape index (κ1) is 22.2. The average molecular weight is 405 g/mol. The van der Waals surface area contributed by atoms with E-state index in [4.69, 9.17) is 18.6 Å². The van der Waals surface area contributed by atoms with Crippen LogP contribution in [0.2, 0.25) is 0 Å². The zero-order valence-electron chi connectivity index (χ0n) is 12.7. The largest absolute Gasteiger partial charge is 0.466 e. The van der Waals surface area contributed by atoms with Crippen LogP contribution >= 0.6 is 12.0 Å². The van der Waals surface area contributed by atoms with Gasteiger partial charge in [0.15, 0.2) is 6.29 Å². The van der Waals surface area contributed by atoms with Gasteiger partial charge in [-0.2, -0.15) is 8.42 Å². The highest BCUT2D eigenvalue weighted by molar-refractivity contribution is 8.09. The van der Waals surface area contributed by atoms with Crippen molar-refractivity contribution in [1.82, 2.24) is 0 Å². The Morgan fingerprint density at radius 2 is 1.96 bits per heavy atom. The molecule has 0 radical (unpaired) electrons. The minimum Gasteiger partial charge on any atom is -0.394 e. The Bertz CT molecular complexity index is 566.